The quantitative estimate of drug-likeness (QED) is 0.542. The molecule has 1 saturated heterocycles. The Bertz CT molecular complexity index is 414. The molecule has 0 bridgehead atoms. The second-order valence-electron chi connectivity index (χ2n) is 3.69. The number of nitro groups is 1. The minimum absolute atomic E-state index is 0. The Balaban J connectivity index is 0.00000144. The van der Waals surface area contributed by atoms with E-state index in [9.17, 15) is 14.9 Å². The standard InChI is InChI=1S/C9H12N4O3.ClH/c14-9(12-6-1-2-10-4-6)8-3-7(5-11-8)13(15)16;/h3,5-6,10-11H,1-2,4H2,(H,12,14);1H. The van der Waals surface area contributed by atoms with Crippen LogP contribution in [0.5, 0.6) is 0 Å². The molecule has 1 fully saturated rings. The van der Waals surface area contributed by atoms with Crippen molar-refractivity contribution in [1.82, 2.24) is 15.6 Å². The second kappa shape index (κ2) is 5.65. The van der Waals surface area contributed by atoms with Gasteiger partial charge in [-0.3, -0.25) is 14.9 Å². The third-order valence-corrected chi connectivity index (χ3v) is 2.52. The first-order valence-electron chi connectivity index (χ1n) is 5.01. The first-order chi connectivity index (χ1) is 7.66. The van der Waals surface area contributed by atoms with E-state index in [0.29, 0.717) is 0 Å². The van der Waals surface area contributed by atoms with Crippen molar-refractivity contribution in [3.63, 3.8) is 0 Å². The van der Waals surface area contributed by atoms with Crippen LogP contribution in [0.4, 0.5) is 5.69 Å². The Morgan fingerprint density at radius 2 is 2.35 bits per heavy atom. The van der Waals surface area contributed by atoms with Gasteiger partial charge in [0.05, 0.1) is 11.1 Å². The van der Waals surface area contributed by atoms with Crippen molar-refractivity contribution in [1.29, 1.82) is 0 Å². The maximum atomic E-state index is 11.6. The smallest absolute Gasteiger partial charge is 0.287 e. The molecule has 2 rings (SSSR count). The Kier molecular flexibility index (Phi) is 4.47. The van der Waals surface area contributed by atoms with Gasteiger partial charge in [-0.2, -0.15) is 0 Å². The average molecular weight is 261 g/mol. The van der Waals surface area contributed by atoms with E-state index in [-0.39, 0.29) is 35.7 Å². The minimum Gasteiger partial charge on any atom is -0.351 e. The summed E-state index contributed by atoms with van der Waals surface area (Å²) in [5.74, 6) is -0.304. The number of hydrogen-bond donors (Lipinski definition) is 3. The average Bonchev–Trinajstić information content (AvgIpc) is 2.86. The second-order valence-corrected chi connectivity index (χ2v) is 3.69. The Labute approximate surface area is 104 Å². The lowest BCUT2D eigenvalue weighted by Crippen LogP contribution is -2.36. The Morgan fingerprint density at radius 3 is 2.88 bits per heavy atom. The zero-order valence-corrected chi connectivity index (χ0v) is 9.75. The first-order valence-corrected chi connectivity index (χ1v) is 5.01. The summed E-state index contributed by atoms with van der Waals surface area (Å²) in [5.41, 5.74) is 0.119. The zero-order chi connectivity index (χ0) is 11.5. The number of H-pyrrole nitrogens is 1. The lowest BCUT2D eigenvalue weighted by atomic mass is 10.2. The summed E-state index contributed by atoms with van der Waals surface area (Å²) in [7, 11) is 0. The number of hydrogen-bond acceptors (Lipinski definition) is 4. The van der Waals surface area contributed by atoms with Gasteiger partial charge in [0.1, 0.15) is 5.69 Å². The largest absolute Gasteiger partial charge is 0.351 e. The third kappa shape index (κ3) is 3.18. The summed E-state index contributed by atoms with van der Waals surface area (Å²) >= 11 is 0. The van der Waals surface area contributed by atoms with Crippen LogP contribution in [0.15, 0.2) is 12.3 Å². The van der Waals surface area contributed by atoms with Crippen molar-refractivity contribution in [2.75, 3.05) is 13.1 Å². The van der Waals surface area contributed by atoms with Crippen LogP contribution in [0.3, 0.4) is 0 Å². The van der Waals surface area contributed by atoms with Crippen molar-refractivity contribution in [3.05, 3.63) is 28.1 Å². The van der Waals surface area contributed by atoms with Crippen molar-refractivity contribution in [3.8, 4) is 0 Å². The molecule has 0 aliphatic carbocycles. The topological polar surface area (TPSA) is 100 Å². The zero-order valence-electron chi connectivity index (χ0n) is 8.93. The summed E-state index contributed by atoms with van der Waals surface area (Å²) in [6.07, 6.45) is 2.09. The maximum Gasteiger partial charge on any atom is 0.287 e. The van der Waals surface area contributed by atoms with Gasteiger partial charge < -0.3 is 15.6 Å². The molecular formula is C9H13ClN4O3. The van der Waals surface area contributed by atoms with Crippen LogP contribution in [0.2, 0.25) is 0 Å². The van der Waals surface area contributed by atoms with Crippen LogP contribution >= 0.6 is 12.4 Å². The van der Waals surface area contributed by atoms with Crippen LogP contribution in [-0.4, -0.2) is 34.9 Å². The van der Waals surface area contributed by atoms with Crippen molar-refractivity contribution in [2.45, 2.75) is 12.5 Å². The van der Waals surface area contributed by atoms with Crippen LogP contribution < -0.4 is 10.6 Å². The number of nitrogens with zero attached hydrogens (tertiary/aromatic N) is 1. The number of aromatic nitrogens is 1. The van der Waals surface area contributed by atoms with E-state index in [1.807, 2.05) is 0 Å². The van der Waals surface area contributed by atoms with Crippen molar-refractivity contribution in [2.24, 2.45) is 0 Å². The molecule has 0 radical (unpaired) electrons. The van der Waals surface area contributed by atoms with Gasteiger partial charge in [-0.15, -0.1) is 12.4 Å². The number of carbonyl (C=O) groups is 1. The lowest BCUT2D eigenvalue weighted by Gasteiger charge is -2.09. The molecule has 0 spiro atoms. The summed E-state index contributed by atoms with van der Waals surface area (Å²) in [4.78, 5) is 24.1. The van der Waals surface area contributed by atoms with Gasteiger partial charge in [0.25, 0.3) is 11.6 Å². The van der Waals surface area contributed by atoms with E-state index in [1.165, 1.54) is 12.3 Å². The molecule has 1 aromatic rings. The highest BCUT2D eigenvalue weighted by molar-refractivity contribution is 5.93. The van der Waals surface area contributed by atoms with E-state index in [4.69, 9.17) is 0 Å². The molecule has 3 N–H and O–H groups in total. The summed E-state index contributed by atoms with van der Waals surface area (Å²) < 4.78 is 0. The molecule has 0 aromatic carbocycles. The molecular weight excluding hydrogens is 248 g/mol. The monoisotopic (exact) mass is 260 g/mol. The van der Waals surface area contributed by atoms with Gasteiger partial charge in [-0.05, 0) is 13.0 Å². The normalized spacial score (nSPS) is 18.5. The van der Waals surface area contributed by atoms with E-state index in [0.717, 1.165) is 19.5 Å². The van der Waals surface area contributed by atoms with Gasteiger partial charge in [0.15, 0.2) is 0 Å². The molecule has 1 aliphatic heterocycles. The number of aromatic amines is 1. The van der Waals surface area contributed by atoms with E-state index < -0.39 is 4.92 Å². The molecule has 94 valence electrons. The fraction of sp³-hybridized carbons (Fsp3) is 0.444. The SMILES string of the molecule is Cl.O=C(NC1CCNC1)c1cc([N+](=O)[O-])c[nH]1. The predicted molar refractivity (Wildman–Crippen MR) is 63.4 cm³/mol. The molecule has 1 amide bonds. The highest BCUT2D eigenvalue weighted by Crippen LogP contribution is 2.12. The van der Waals surface area contributed by atoms with Crippen LogP contribution in [0.1, 0.15) is 16.9 Å². The van der Waals surface area contributed by atoms with E-state index in [1.54, 1.807) is 0 Å². The number of carbonyl (C=O) groups excluding carboxylic acids is 1. The van der Waals surface area contributed by atoms with E-state index >= 15 is 0 Å². The summed E-state index contributed by atoms with van der Waals surface area (Å²) in [6, 6.07) is 1.34. The third-order valence-electron chi connectivity index (χ3n) is 2.52. The molecule has 1 atom stereocenters. The van der Waals surface area contributed by atoms with Gasteiger partial charge in [0.2, 0.25) is 0 Å². The van der Waals surface area contributed by atoms with Crippen LogP contribution in [0, 0.1) is 10.1 Å². The van der Waals surface area contributed by atoms with Crippen LogP contribution in [-0.2, 0) is 0 Å². The number of amides is 1. The lowest BCUT2D eigenvalue weighted by molar-refractivity contribution is -0.384. The molecule has 8 heteroatoms. The van der Waals surface area contributed by atoms with Gasteiger partial charge in [-0.25, -0.2) is 0 Å². The van der Waals surface area contributed by atoms with E-state index in [2.05, 4.69) is 15.6 Å². The van der Waals surface area contributed by atoms with Crippen molar-refractivity contribution >= 4 is 24.0 Å². The number of nitrogens with one attached hydrogen (secondary N) is 3. The molecule has 17 heavy (non-hydrogen) atoms. The maximum absolute atomic E-state index is 11.6. The van der Waals surface area contributed by atoms with Crippen LogP contribution in [0.25, 0.3) is 0 Å². The molecule has 1 aliphatic rings. The summed E-state index contributed by atoms with van der Waals surface area (Å²) in [5, 5.41) is 16.3. The Hall–Kier alpha value is -1.60. The van der Waals surface area contributed by atoms with Gasteiger partial charge in [-0.1, -0.05) is 0 Å². The molecule has 7 nitrogen and oxygen atoms in total. The molecule has 2 heterocycles. The summed E-state index contributed by atoms with van der Waals surface area (Å²) in [6.45, 7) is 1.63. The van der Waals surface area contributed by atoms with Gasteiger partial charge in [0, 0.05) is 18.7 Å². The molecule has 0 saturated carbocycles. The first kappa shape index (κ1) is 13.5. The highest BCUT2D eigenvalue weighted by atomic mass is 35.5. The number of halogens is 1. The van der Waals surface area contributed by atoms with Gasteiger partial charge >= 0.3 is 0 Å². The minimum atomic E-state index is -0.537. The fourth-order valence-corrected chi connectivity index (χ4v) is 1.66. The molecule has 1 aromatic heterocycles. The predicted octanol–water partition coefficient (Wildman–Crippen LogP) is 0.436. The highest BCUT2D eigenvalue weighted by Gasteiger charge is 2.20. The number of rotatable bonds is 3. The van der Waals surface area contributed by atoms with Crippen molar-refractivity contribution < 1.29 is 9.72 Å². The Morgan fingerprint density at radius 1 is 1.59 bits per heavy atom. The molecule has 1 unspecified atom stereocenters. The fourth-order valence-electron chi connectivity index (χ4n) is 1.66.